The van der Waals surface area contributed by atoms with Crippen molar-refractivity contribution in [3.05, 3.63) is 69.1 Å². The molecule has 0 spiro atoms. The lowest BCUT2D eigenvalue weighted by Crippen LogP contribution is -2.18. The van der Waals surface area contributed by atoms with Gasteiger partial charge in [0.05, 0.1) is 10.7 Å². The first kappa shape index (κ1) is 16.7. The lowest BCUT2D eigenvalue weighted by Gasteiger charge is -2.03. The molecule has 3 nitrogen and oxygen atoms in total. The van der Waals surface area contributed by atoms with E-state index in [9.17, 15) is 4.79 Å². The highest BCUT2D eigenvalue weighted by molar-refractivity contribution is 7.21. The normalized spacial score (nSPS) is 11.8. The molecule has 0 atom stereocenters. The highest BCUT2D eigenvalue weighted by Crippen LogP contribution is 2.35. The number of amides is 1. The smallest absolute Gasteiger partial charge is 0.266 e. The van der Waals surface area contributed by atoms with Crippen molar-refractivity contribution >= 4 is 44.6 Å². The maximum Gasteiger partial charge on any atom is 0.283 e. The minimum absolute atomic E-state index is 0.287. The van der Waals surface area contributed by atoms with Crippen LogP contribution in [0, 0.1) is 13.8 Å². The molecule has 3 aromatic rings. The van der Waals surface area contributed by atoms with E-state index in [1.165, 1.54) is 16.9 Å². The number of benzene rings is 2. The number of nitrogens with zero attached hydrogens (tertiary/aromatic N) is 1. The minimum atomic E-state index is -0.287. The number of nitrogens with one attached hydrogen (secondary N) is 1. The van der Waals surface area contributed by atoms with Crippen LogP contribution < -0.4 is 5.43 Å². The molecular formula is C19H17ClN2OS. The summed E-state index contributed by atoms with van der Waals surface area (Å²) in [5, 5.41) is 5.58. The summed E-state index contributed by atoms with van der Waals surface area (Å²) >= 11 is 7.74. The Morgan fingerprint density at radius 1 is 1.08 bits per heavy atom. The summed E-state index contributed by atoms with van der Waals surface area (Å²) < 4.78 is 1.00. The second-order valence-corrected chi connectivity index (χ2v) is 7.18. The number of rotatable bonds is 3. The fourth-order valence-electron chi connectivity index (χ4n) is 2.36. The van der Waals surface area contributed by atoms with Gasteiger partial charge in [-0.3, -0.25) is 4.79 Å². The Morgan fingerprint density at radius 3 is 2.46 bits per heavy atom. The molecule has 122 valence electrons. The molecule has 3 rings (SSSR count). The molecule has 1 N–H and O–H groups in total. The molecule has 1 heterocycles. The van der Waals surface area contributed by atoms with Gasteiger partial charge in [-0.15, -0.1) is 11.3 Å². The molecule has 0 saturated heterocycles. The number of hydrogen-bond acceptors (Lipinski definition) is 3. The third-order valence-electron chi connectivity index (χ3n) is 3.79. The lowest BCUT2D eigenvalue weighted by molar-refractivity contribution is 0.0959. The van der Waals surface area contributed by atoms with Gasteiger partial charge in [-0.25, -0.2) is 5.43 Å². The molecule has 1 amide bonds. The third-order valence-corrected chi connectivity index (χ3v) is 5.44. The first-order valence-electron chi connectivity index (χ1n) is 7.56. The molecular weight excluding hydrogens is 340 g/mol. The summed E-state index contributed by atoms with van der Waals surface area (Å²) in [6, 6.07) is 14.0. The van der Waals surface area contributed by atoms with Gasteiger partial charge in [-0.1, -0.05) is 53.6 Å². The van der Waals surface area contributed by atoms with E-state index in [4.69, 9.17) is 11.6 Å². The van der Waals surface area contributed by atoms with Crippen LogP contribution in [0.15, 0.2) is 47.6 Å². The number of carbonyl (C=O) groups excluding carboxylic acids is 1. The number of aryl methyl sites for hydroxylation is 2. The van der Waals surface area contributed by atoms with E-state index in [0.29, 0.717) is 9.90 Å². The fourth-order valence-corrected chi connectivity index (χ4v) is 3.87. The molecule has 5 heteroatoms. The Labute approximate surface area is 150 Å². The predicted molar refractivity (Wildman–Crippen MR) is 102 cm³/mol. The molecule has 0 fully saturated rings. The van der Waals surface area contributed by atoms with Gasteiger partial charge < -0.3 is 0 Å². The van der Waals surface area contributed by atoms with Crippen LogP contribution in [0.5, 0.6) is 0 Å². The van der Waals surface area contributed by atoms with Gasteiger partial charge in [0.25, 0.3) is 5.91 Å². The molecule has 0 bridgehead atoms. The van der Waals surface area contributed by atoms with Crippen LogP contribution >= 0.6 is 22.9 Å². The first-order chi connectivity index (χ1) is 11.5. The van der Waals surface area contributed by atoms with Crippen molar-refractivity contribution in [3.63, 3.8) is 0 Å². The zero-order chi connectivity index (χ0) is 17.3. The molecule has 0 saturated carbocycles. The monoisotopic (exact) mass is 356 g/mol. The number of halogens is 1. The molecule has 1 aromatic heterocycles. The Balaban J connectivity index is 1.83. The molecule has 2 aromatic carbocycles. The van der Waals surface area contributed by atoms with Crippen molar-refractivity contribution < 1.29 is 4.79 Å². The highest BCUT2D eigenvalue weighted by atomic mass is 35.5. The number of carbonyl (C=O) groups is 1. The van der Waals surface area contributed by atoms with Crippen molar-refractivity contribution in [1.82, 2.24) is 5.43 Å². The van der Waals surface area contributed by atoms with E-state index in [1.54, 1.807) is 0 Å². The third kappa shape index (κ3) is 3.35. The molecule has 0 aliphatic heterocycles. The van der Waals surface area contributed by atoms with Crippen molar-refractivity contribution in [2.24, 2.45) is 5.10 Å². The van der Waals surface area contributed by atoms with E-state index in [0.717, 1.165) is 26.9 Å². The summed E-state index contributed by atoms with van der Waals surface area (Å²) in [6.45, 7) is 5.91. The summed E-state index contributed by atoms with van der Waals surface area (Å²) in [5.74, 6) is -0.287. The van der Waals surface area contributed by atoms with Gasteiger partial charge in [0.1, 0.15) is 4.88 Å². The Morgan fingerprint density at radius 2 is 1.75 bits per heavy atom. The summed E-state index contributed by atoms with van der Waals surface area (Å²) in [6.07, 6.45) is 0. The second kappa shape index (κ2) is 6.75. The van der Waals surface area contributed by atoms with E-state index in [-0.39, 0.29) is 5.91 Å². The van der Waals surface area contributed by atoms with Crippen LogP contribution in [0.4, 0.5) is 0 Å². The van der Waals surface area contributed by atoms with Gasteiger partial charge in [0, 0.05) is 10.1 Å². The van der Waals surface area contributed by atoms with Gasteiger partial charge in [0.2, 0.25) is 0 Å². The molecule has 0 aliphatic carbocycles. The van der Waals surface area contributed by atoms with Gasteiger partial charge >= 0.3 is 0 Å². The van der Waals surface area contributed by atoms with Crippen LogP contribution in [-0.2, 0) is 0 Å². The lowest BCUT2D eigenvalue weighted by atomic mass is 10.1. The van der Waals surface area contributed by atoms with Crippen molar-refractivity contribution in [2.75, 3.05) is 0 Å². The van der Waals surface area contributed by atoms with Crippen molar-refractivity contribution in [2.45, 2.75) is 20.8 Å². The molecule has 0 radical (unpaired) electrons. The topological polar surface area (TPSA) is 41.5 Å². The van der Waals surface area contributed by atoms with Gasteiger partial charge in [-0.05, 0) is 38.0 Å². The second-order valence-electron chi connectivity index (χ2n) is 5.75. The Kier molecular flexibility index (Phi) is 4.69. The average Bonchev–Trinajstić information content (AvgIpc) is 2.89. The van der Waals surface area contributed by atoms with E-state index < -0.39 is 0 Å². The SMILES string of the molecule is C/C(=N\NC(=O)c1sc2cc(C)ccc2c1Cl)c1ccc(C)cc1. The standard InChI is InChI=1S/C19H17ClN2OS/c1-11-4-7-14(8-5-11)13(3)21-22-19(23)18-17(20)15-9-6-12(2)10-16(15)24-18/h4-10H,1-3H3,(H,22,23)/b21-13+. The van der Waals surface area contributed by atoms with Gasteiger partial charge in [-0.2, -0.15) is 5.10 Å². The van der Waals surface area contributed by atoms with Crippen LogP contribution in [0.2, 0.25) is 5.02 Å². The number of hydrogen-bond donors (Lipinski definition) is 1. The largest absolute Gasteiger partial charge is 0.283 e. The highest BCUT2D eigenvalue weighted by Gasteiger charge is 2.17. The zero-order valence-electron chi connectivity index (χ0n) is 13.7. The van der Waals surface area contributed by atoms with Gasteiger partial charge in [0.15, 0.2) is 0 Å². The van der Waals surface area contributed by atoms with Crippen LogP contribution in [0.1, 0.15) is 33.3 Å². The van der Waals surface area contributed by atoms with E-state index in [1.807, 2.05) is 63.2 Å². The quantitative estimate of drug-likeness (QED) is 0.500. The minimum Gasteiger partial charge on any atom is -0.266 e. The van der Waals surface area contributed by atoms with Crippen molar-refractivity contribution in [1.29, 1.82) is 0 Å². The molecule has 0 aliphatic rings. The summed E-state index contributed by atoms with van der Waals surface area (Å²) in [4.78, 5) is 12.9. The average molecular weight is 357 g/mol. The predicted octanol–water partition coefficient (Wildman–Crippen LogP) is 5.33. The van der Waals surface area contributed by atoms with E-state index >= 15 is 0 Å². The van der Waals surface area contributed by atoms with Crippen LogP contribution in [0.3, 0.4) is 0 Å². The molecule has 24 heavy (non-hydrogen) atoms. The summed E-state index contributed by atoms with van der Waals surface area (Å²) in [5.41, 5.74) is 6.64. The molecule has 0 unspecified atom stereocenters. The van der Waals surface area contributed by atoms with Crippen LogP contribution in [0.25, 0.3) is 10.1 Å². The maximum atomic E-state index is 12.4. The van der Waals surface area contributed by atoms with Crippen molar-refractivity contribution in [3.8, 4) is 0 Å². The van der Waals surface area contributed by atoms with E-state index in [2.05, 4.69) is 10.5 Å². The number of fused-ring (bicyclic) bond motifs is 1. The number of hydrazone groups is 1. The first-order valence-corrected chi connectivity index (χ1v) is 8.75. The number of thiophene rings is 1. The maximum absolute atomic E-state index is 12.4. The Bertz CT molecular complexity index is 942. The van der Waals surface area contributed by atoms with Crippen LogP contribution in [-0.4, -0.2) is 11.6 Å². The summed E-state index contributed by atoms with van der Waals surface area (Å²) in [7, 11) is 0. The Hall–Kier alpha value is -2.17. The zero-order valence-corrected chi connectivity index (χ0v) is 15.3. The fraction of sp³-hybridized carbons (Fsp3) is 0.158.